The van der Waals surface area contributed by atoms with E-state index in [9.17, 15) is 20.0 Å². The number of aliphatic hydroxyl groups is 2. The van der Waals surface area contributed by atoms with E-state index in [1.165, 1.54) is 29.3 Å². The van der Waals surface area contributed by atoms with Crippen LogP contribution in [0.3, 0.4) is 0 Å². The van der Waals surface area contributed by atoms with E-state index in [0.29, 0.717) is 5.52 Å². The number of hydrogen-bond donors (Lipinski definition) is 3. The van der Waals surface area contributed by atoms with Crippen molar-refractivity contribution in [1.82, 2.24) is 19.6 Å². The molecule has 4 N–H and O–H groups in total. The molecule has 5 atom stereocenters. The smallest absolute Gasteiger partial charge is 0.387 e. The standard InChI is InChI=1S/C17H16N6O6P/c18-8-17(13-4-3-11-16(19)21-9-22-23(11)13)15(25)14(24)12(28-17)7-27-30(26)29-10-2-1-5-20-6-10/h1-6,9,12,14-15,24-25H,7H2,(H2,19,21,22)/q+1/t12-,14-,15-,17+/m1/s1. The average molecular weight is 431 g/mol. The number of hydrogen-bond acceptors (Lipinski definition) is 11. The predicted octanol–water partition coefficient (Wildman–Crippen LogP) is 0.299. The van der Waals surface area contributed by atoms with E-state index < -0.39 is 38.8 Å². The van der Waals surface area contributed by atoms with Crippen LogP contribution in [0.1, 0.15) is 5.69 Å². The van der Waals surface area contributed by atoms with Gasteiger partial charge in [0.15, 0.2) is 5.82 Å². The number of nitrogen functional groups attached to an aromatic ring is 1. The van der Waals surface area contributed by atoms with Gasteiger partial charge in [0.2, 0.25) is 11.4 Å². The molecule has 1 fully saturated rings. The Morgan fingerprint density at radius 3 is 2.97 bits per heavy atom. The number of aromatic nitrogens is 4. The summed E-state index contributed by atoms with van der Waals surface area (Å²) < 4.78 is 29.2. The second kappa shape index (κ2) is 7.91. The van der Waals surface area contributed by atoms with Crippen LogP contribution in [0.4, 0.5) is 5.82 Å². The topological polar surface area (TPSA) is 178 Å². The molecule has 4 heterocycles. The summed E-state index contributed by atoms with van der Waals surface area (Å²) in [5.41, 5.74) is 4.40. The summed E-state index contributed by atoms with van der Waals surface area (Å²) in [5, 5.41) is 34.9. The quantitative estimate of drug-likeness (QED) is 0.457. The zero-order chi connectivity index (χ0) is 21.3. The van der Waals surface area contributed by atoms with Crippen LogP contribution in [0.2, 0.25) is 0 Å². The minimum Gasteiger partial charge on any atom is -0.387 e. The third-order valence-corrected chi connectivity index (χ3v) is 5.36. The number of nitrogens with two attached hydrogens (primary N) is 1. The number of pyridine rings is 1. The van der Waals surface area contributed by atoms with Gasteiger partial charge in [0.05, 0.1) is 11.9 Å². The third kappa shape index (κ3) is 3.35. The van der Waals surface area contributed by atoms with Crippen LogP contribution in [0.15, 0.2) is 43.0 Å². The molecule has 0 spiro atoms. The summed E-state index contributed by atoms with van der Waals surface area (Å²) in [4.78, 5) is 7.69. The highest BCUT2D eigenvalue weighted by atomic mass is 31.1. The Bertz CT molecular complexity index is 1120. The highest BCUT2D eigenvalue weighted by Crippen LogP contribution is 2.41. The number of nitrogens with zero attached hydrogens (tertiary/aromatic N) is 5. The van der Waals surface area contributed by atoms with Crippen LogP contribution in [-0.2, 0) is 19.4 Å². The molecule has 1 aliphatic rings. The first-order valence-electron chi connectivity index (χ1n) is 8.68. The maximum atomic E-state index is 12.0. The SMILES string of the molecule is N#C[C@@]1(c2ccc3c(N)ncnn23)O[C@H](CO[P+](=O)Oc2cccnc2)[C@@H](O)[C@H]1O. The van der Waals surface area contributed by atoms with Crippen LogP contribution in [0.5, 0.6) is 5.75 Å². The Labute approximate surface area is 170 Å². The lowest BCUT2D eigenvalue weighted by Gasteiger charge is -2.24. The number of fused-ring (bicyclic) bond motifs is 1. The van der Waals surface area contributed by atoms with Crippen LogP contribution >= 0.6 is 8.25 Å². The highest BCUT2D eigenvalue weighted by molar-refractivity contribution is 7.33. The summed E-state index contributed by atoms with van der Waals surface area (Å²) in [6, 6.07) is 8.10. The fourth-order valence-electron chi connectivity index (χ4n) is 3.20. The second-order valence-corrected chi connectivity index (χ2v) is 7.29. The Morgan fingerprint density at radius 2 is 2.23 bits per heavy atom. The van der Waals surface area contributed by atoms with Gasteiger partial charge in [-0.3, -0.25) is 4.98 Å². The molecule has 0 aromatic carbocycles. The van der Waals surface area contributed by atoms with E-state index in [1.807, 2.05) is 6.07 Å². The first-order chi connectivity index (χ1) is 14.5. The minimum absolute atomic E-state index is 0.152. The highest BCUT2D eigenvalue weighted by Gasteiger charge is 2.58. The molecular weight excluding hydrogens is 415 g/mol. The van der Waals surface area contributed by atoms with E-state index in [1.54, 1.807) is 18.2 Å². The number of anilines is 1. The summed E-state index contributed by atoms with van der Waals surface area (Å²) >= 11 is 0. The molecule has 0 aliphatic carbocycles. The van der Waals surface area contributed by atoms with Gasteiger partial charge < -0.3 is 20.7 Å². The van der Waals surface area contributed by atoms with E-state index in [4.69, 9.17) is 19.5 Å². The van der Waals surface area contributed by atoms with Gasteiger partial charge in [-0.15, -0.1) is 4.52 Å². The lowest BCUT2D eigenvalue weighted by molar-refractivity contribution is -0.0612. The summed E-state index contributed by atoms with van der Waals surface area (Å²) in [7, 11) is -2.61. The van der Waals surface area contributed by atoms with Crippen molar-refractivity contribution in [2.75, 3.05) is 12.3 Å². The van der Waals surface area contributed by atoms with E-state index >= 15 is 0 Å². The van der Waals surface area contributed by atoms with Gasteiger partial charge in [0.25, 0.3) is 0 Å². The fourth-order valence-corrected chi connectivity index (χ4v) is 3.80. The Morgan fingerprint density at radius 1 is 1.40 bits per heavy atom. The first kappa shape index (κ1) is 20.1. The number of ether oxygens (including phenoxy) is 1. The van der Waals surface area contributed by atoms with Crippen molar-refractivity contribution in [3.8, 4) is 11.8 Å². The molecule has 12 nitrogen and oxygen atoms in total. The van der Waals surface area contributed by atoms with E-state index in [0.717, 1.165) is 0 Å². The van der Waals surface area contributed by atoms with E-state index in [2.05, 4.69) is 15.1 Å². The van der Waals surface area contributed by atoms with Crippen LogP contribution in [0.25, 0.3) is 5.52 Å². The molecule has 154 valence electrons. The Kier molecular flexibility index (Phi) is 5.29. The third-order valence-electron chi connectivity index (χ3n) is 4.65. The number of rotatable bonds is 6. The molecule has 30 heavy (non-hydrogen) atoms. The largest absolute Gasteiger partial charge is 0.750 e. The summed E-state index contributed by atoms with van der Waals surface area (Å²) in [6.07, 6.45) is -0.237. The predicted molar refractivity (Wildman–Crippen MR) is 100 cm³/mol. The average Bonchev–Trinajstić information content (AvgIpc) is 3.29. The van der Waals surface area contributed by atoms with Crippen molar-refractivity contribution in [1.29, 1.82) is 5.26 Å². The van der Waals surface area contributed by atoms with Gasteiger partial charge in [0, 0.05) is 10.8 Å². The lowest BCUT2D eigenvalue weighted by atomic mass is 9.92. The molecular formula is C17H16N6O6P+. The van der Waals surface area contributed by atoms with Crippen molar-refractivity contribution < 1.29 is 28.6 Å². The second-order valence-electron chi connectivity index (χ2n) is 6.40. The molecule has 3 aromatic heterocycles. The fraction of sp³-hybridized carbons (Fsp3) is 0.294. The molecule has 1 saturated heterocycles. The molecule has 0 amide bonds. The van der Waals surface area contributed by atoms with Crippen molar-refractivity contribution in [2.24, 2.45) is 0 Å². The molecule has 13 heteroatoms. The van der Waals surface area contributed by atoms with Gasteiger partial charge >= 0.3 is 8.25 Å². The monoisotopic (exact) mass is 431 g/mol. The van der Waals surface area contributed by atoms with Gasteiger partial charge in [0.1, 0.15) is 42.8 Å². The van der Waals surface area contributed by atoms with Crippen molar-refractivity contribution in [3.63, 3.8) is 0 Å². The van der Waals surface area contributed by atoms with E-state index in [-0.39, 0.29) is 17.3 Å². The van der Waals surface area contributed by atoms with Crippen LogP contribution in [-0.4, -0.2) is 54.7 Å². The Hall–Kier alpha value is -3.20. The molecule has 0 radical (unpaired) electrons. The van der Waals surface area contributed by atoms with Gasteiger partial charge in [-0.25, -0.2) is 14.0 Å². The van der Waals surface area contributed by atoms with Crippen LogP contribution < -0.4 is 10.3 Å². The van der Waals surface area contributed by atoms with Gasteiger partial charge in [-0.2, -0.15) is 10.4 Å². The van der Waals surface area contributed by atoms with Crippen molar-refractivity contribution in [2.45, 2.75) is 23.9 Å². The van der Waals surface area contributed by atoms with Gasteiger partial charge in [-0.05, 0) is 24.3 Å². The minimum atomic E-state index is -2.61. The molecule has 3 aromatic rings. The number of aliphatic hydroxyl groups excluding tert-OH is 2. The molecule has 0 bridgehead atoms. The van der Waals surface area contributed by atoms with Gasteiger partial charge in [-0.1, -0.05) is 0 Å². The molecule has 4 rings (SSSR count). The molecule has 1 unspecified atom stereocenters. The summed E-state index contributed by atoms with van der Waals surface area (Å²) in [5.74, 6) is 0.400. The zero-order valence-electron chi connectivity index (χ0n) is 15.3. The molecule has 0 saturated carbocycles. The molecule has 1 aliphatic heterocycles. The van der Waals surface area contributed by atoms with Crippen LogP contribution in [0, 0.1) is 11.3 Å². The number of nitriles is 1. The maximum Gasteiger partial charge on any atom is 0.750 e. The summed E-state index contributed by atoms with van der Waals surface area (Å²) in [6.45, 7) is -0.405. The first-order valence-corrected chi connectivity index (χ1v) is 9.78. The van der Waals surface area contributed by atoms with Crippen molar-refractivity contribution in [3.05, 3.63) is 48.7 Å². The maximum absolute atomic E-state index is 12.0. The zero-order valence-corrected chi connectivity index (χ0v) is 16.2. The Balaban J connectivity index is 1.53. The normalized spacial score (nSPS) is 26.4. The lowest BCUT2D eigenvalue weighted by Crippen LogP contribution is -2.41. The van der Waals surface area contributed by atoms with Crippen molar-refractivity contribution >= 4 is 19.6 Å².